The van der Waals surface area contributed by atoms with Crippen LogP contribution in [0.25, 0.3) is 0 Å². The van der Waals surface area contributed by atoms with Gasteiger partial charge in [-0.15, -0.1) is 11.3 Å². The van der Waals surface area contributed by atoms with E-state index in [0.29, 0.717) is 22.7 Å². The van der Waals surface area contributed by atoms with E-state index in [1.54, 1.807) is 13.0 Å². The van der Waals surface area contributed by atoms with Crippen molar-refractivity contribution in [3.05, 3.63) is 39.8 Å². The van der Waals surface area contributed by atoms with Crippen molar-refractivity contribution in [2.24, 2.45) is 0 Å². The van der Waals surface area contributed by atoms with Crippen LogP contribution in [-0.4, -0.2) is 59.8 Å². The van der Waals surface area contributed by atoms with Gasteiger partial charge < -0.3 is 20.2 Å². The van der Waals surface area contributed by atoms with Gasteiger partial charge >= 0.3 is 6.18 Å². The lowest BCUT2D eigenvalue weighted by molar-refractivity contribution is -0.266. The van der Waals surface area contributed by atoms with Crippen molar-refractivity contribution in [2.45, 2.75) is 39.0 Å². The van der Waals surface area contributed by atoms with E-state index >= 15 is 0 Å². The lowest BCUT2D eigenvalue weighted by Crippen LogP contribution is -2.46. The standard InChI is InChI=1S/C21H27F3N4O2S/c1-4-27-7-9-28(10-8-27)16-5-6-17(14(2)11-16)26-18(29)12-20(30,21(22,23)24)19-25-15(3)13-31-19/h5-6,11,13,30H,4,7-10,12H2,1-3H3,(H,26,29). The summed E-state index contributed by atoms with van der Waals surface area (Å²) in [7, 11) is 0. The lowest BCUT2D eigenvalue weighted by Gasteiger charge is -2.35. The van der Waals surface area contributed by atoms with Crippen molar-refractivity contribution in [1.82, 2.24) is 9.88 Å². The first kappa shape index (κ1) is 23.5. The van der Waals surface area contributed by atoms with Crippen molar-refractivity contribution >= 4 is 28.6 Å². The van der Waals surface area contributed by atoms with E-state index < -0.39 is 29.1 Å². The van der Waals surface area contributed by atoms with Crippen LogP contribution in [-0.2, 0) is 10.4 Å². The van der Waals surface area contributed by atoms with E-state index in [4.69, 9.17) is 0 Å². The second-order valence-corrected chi connectivity index (χ2v) is 8.66. The molecule has 2 heterocycles. The van der Waals surface area contributed by atoms with Gasteiger partial charge in [0.15, 0.2) is 0 Å². The number of nitrogens with one attached hydrogen (secondary N) is 1. The van der Waals surface area contributed by atoms with Gasteiger partial charge in [0.1, 0.15) is 5.01 Å². The summed E-state index contributed by atoms with van der Waals surface area (Å²) in [4.78, 5) is 20.8. The largest absolute Gasteiger partial charge is 0.424 e. The number of aliphatic hydroxyl groups is 1. The molecule has 3 rings (SSSR count). The zero-order valence-corrected chi connectivity index (χ0v) is 18.6. The molecular weight excluding hydrogens is 429 g/mol. The van der Waals surface area contributed by atoms with Crippen LogP contribution in [0.2, 0.25) is 0 Å². The van der Waals surface area contributed by atoms with Gasteiger partial charge in [-0.3, -0.25) is 4.79 Å². The molecule has 2 aromatic rings. The topological polar surface area (TPSA) is 68.7 Å². The number of aryl methyl sites for hydroxylation is 2. The molecule has 10 heteroatoms. The van der Waals surface area contributed by atoms with Crippen molar-refractivity contribution in [1.29, 1.82) is 0 Å². The maximum atomic E-state index is 13.6. The average Bonchev–Trinajstić information content (AvgIpc) is 3.15. The Kier molecular flexibility index (Phi) is 6.92. The maximum Gasteiger partial charge on any atom is 0.424 e. The number of amides is 1. The van der Waals surface area contributed by atoms with Gasteiger partial charge in [-0.25, -0.2) is 4.98 Å². The third-order valence-electron chi connectivity index (χ3n) is 5.53. The predicted octanol–water partition coefficient (Wildman–Crippen LogP) is 3.68. The van der Waals surface area contributed by atoms with Crippen LogP contribution in [0.4, 0.5) is 24.5 Å². The summed E-state index contributed by atoms with van der Waals surface area (Å²) in [6.07, 6.45) is -6.20. The van der Waals surface area contributed by atoms with Gasteiger partial charge in [0, 0.05) is 48.6 Å². The van der Waals surface area contributed by atoms with E-state index in [2.05, 4.69) is 27.0 Å². The summed E-state index contributed by atoms with van der Waals surface area (Å²) < 4.78 is 40.9. The zero-order chi connectivity index (χ0) is 22.8. The first-order valence-corrected chi connectivity index (χ1v) is 11.0. The Labute approximate surface area is 183 Å². The van der Waals surface area contributed by atoms with E-state index in [1.165, 1.54) is 12.3 Å². The SMILES string of the molecule is CCN1CCN(c2ccc(NC(=O)CC(O)(c3nc(C)cs3)C(F)(F)F)c(C)c2)CC1. The molecule has 0 saturated carbocycles. The van der Waals surface area contributed by atoms with Crippen LogP contribution < -0.4 is 10.2 Å². The fourth-order valence-electron chi connectivity index (χ4n) is 3.57. The predicted molar refractivity (Wildman–Crippen MR) is 116 cm³/mol. The molecule has 1 unspecified atom stereocenters. The highest BCUT2D eigenvalue weighted by molar-refractivity contribution is 7.09. The van der Waals surface area contributed by atoms with Crippen molar-refractivity contribution < 1.29 is 23.1 Å². The molecule has 0 radical (unpaired) electrons. The number of likely N-dealkylation sites (N-methyl/N-ethyl adjacent to an activating group) is 1. The molecule has 1 amide bonds. The quantitative estimate of drug-likeness (QED) is 0.694. The molecule has 1 fully saturated rings. The number of anilines is 2. The fourth-order valence-corrected chi connectivity index (χ4v) is 4.49. The number of halogens is 3. The van der Waals surface area contributed by atoms with E-state index in [-0.39, 0.29) is 0 Å². The molecule has 1 saturated heterocycles. The molecule has 1 aliphatic rings. The number of nitrogens with zero attached hydrogens (tertiary/aromatic N) is 3. The Morgan fingerprint density at radius 3 is 2.42 bits per heavy atom. The Morgan fingerprint density at radius 1 is 1.23 bits per heavy atom. The molecule has 1 atom stereocenters. The Morgan fingerprint density at radius 2 is 1.90 bits per heavy atom. The smallest absolute Gasteiger partial charge is 0.374 e. The summed E-state index contributed by atoms with van der Waals surface area (Å²) in [5.74, 6) is -0.930. The summed E-state index contributed by atoms with van der Waals surface area (Å²) >= 11 is 0.684. The number of hydrogen-bond acceptors (Lipinski definition) is 6. The molecule has 0 aliphatic carbocycles. The monoisotopic (exact) mass is 456 g/mol. The van der Waals surface area contributed by atoms with Crippen molar-refractivity contribution in [3.8, 4) is 0 Å². The van der Waals surface area contributed by atoms with Gasteiger partial charge in [-0.1, -0.05) is 6.92 Å². The second kappa shape index (κ2) is 9.13. The zero-order valence-electron chi connectivity index (χ0n) is 17.8. The van der Waals surface area contributed by atoms with Crippen molar-refractivity contribution in [3.63, 3.8) is 0 Å². The van der Waals surface area contributed by atoms with Crippen molar-refractivity contribution in [2.75, 3.05) is 42.9 Å². The molecule has 170 valence electrons. The van der Waals surface area contributed by atoms with E-state index in [0.717, 1.165) is 44.0 Å². The molecule has 2 N–H and O–H groups in total. The number of benzene rings is 1. The summed E-state index contributed by atoms with van der Waals surface area (Å²) in [5, 5.41) is 13.7. The van der Waals surface area contributed by atoms with Gasteiger partial charge in [0.2, 0.25) is 11.5 Å². The molecule has 1 aromatic heterocycles. The van der Waals surface area contributed by atoms with Crippen LogP contribution in [0.5, 0.6) is 0 Å². The molecule has 31 heavy (non-hydrogen) atoms. The minimum Gasteiger partial charge on any atom is -0.374 e. The summed E-state index contributed by atoms with van der Waals surface area (Å²) in [5.41, 5.74) is -0.807. The molecular formula is C21H27F3N4O2S. The first-order valence-electron chi connectivity index (χ1n) is 10.1. The number of thiazole rings is 1. The third kappa shape index (κ3) is 5.19. The Hall–Kier alpha value is -2.17. The Balaban J connectivity index is 1.71. The third-order valence-corrected chi connectivity index (χ3v) is 6.64. The van der Waals surface area contributed by atoms with Crippen LogP contribution in [0.3, 0.4) is 0 Å². The fraction of sp³-hybridized carbons (Fsp3) is 0.524. The molecule has 0 spiro atoms. The normalized spacial score (nSPS) is 17.5. The summed E-state index contributed by atoms with van der Waals surface area (Å²) in [6.45, 7) is 10.2. The highest BCUT2D eigenvalue weighted by atomic mass is 32.1. The minimum atomic E-state index is -5.03. The van der Waals surface area contributed by atoms with Crippen LogP contribution in [0.1, 0.15) is 29.6 Å². The Bertz CT molecular complexity index is 926. The summed E-state index contributed by atoms with van der Waals surface area (Å²) in [6, 6.07) is 5.46. The molecule has 1 aliphatic heterocycles. The number of alkyl halides is 3. The highest BCUT2D eigenvalue weighted by Crippen LogP contribution is 2.43. The number of piperazine rings is 1. The molecule has 6 nitrogen and oxygen atoms in total. The minimum absolute atomic E-state index is 0.356. The molecule has 1 aromatic carbocycles. The van der Waals surface area contributed by atoms with E-state index in [1.807, 2.05) is 12.1 Å². The second-order valence-electron chi connectivity index (χ2n) is 7.80. The number of carbonyl (C=O) groups excluding carboxylic acids is 1. The van der Waals surface area contributed by atoms with Crippen LogP contribution >= 0.6 is 11.3 Å². The van der Waals surface area contributed by atoms with Gasteiger partial charge in [-0.2, -0.15) is 13.2 Å². The number of hydrogen-bond donors (Lipinski definition) is 2. The maximum absolute atomic E-state index is 13.6. The van der Waals surface area contributed by atoms with Crippen LogP contribution in [0.15, 0.2) is 23.6 Å². The number of rotatable bonds is 6. The average molecular weight is 457 g/mol. The van der Waals surface area contributed by atoms with Crippen LogP contribution in [0, 0.1) is 13.8 Å². The lowest BCUT2D eigenvalue weighted by atomic mass is 9.99. The highest BCUT2D eigenvalue weighted by Gasteiger charge is 2.58. The number of carbonyl (C=O) groups is 1. The first-order chi connectivity index (χ1) is 14.5. The van der Waals surface area contributed by atoms with Gasteiger partial charge in [0.25, 0.3) is 0 Å². The van der Waals surface area contributed by atoms with Gasteiger partial charge in [-0.05, 0) is 44.2 Å². The molecule has 0 bridgehead atoms. The van der Waals surface area contributed by atoms with E-state index in [9.17, 15) is 23.1 Å². The van der Waals surface area contributed by atoms with Gasteiger partial charge in [0.05, 0.1) is 6.42 Å². The number of aromatic nitrogens is 1.